The summed E-state index contributed by atoms with van der Waals surface area (Å²) in [6.45, 7) is 0.518. The molecule has 86 valence electrons. The Hall–Kier alpha value is -1.40. The number of carbonyl (C=O) groups is 1. The van der Waals surface area contributed by atoms with Crippen molar-refractivity contribution in [3.63, 3.8) is 0 Å². The van der Waals surface area contributed by atoms with E-state index in [4.69, 9.17) is 16.3 Å². The Morgan fingerprint density at radius 1 is 1.62 bits per heavy atom. The number of halogens is 1. The summed E-state index contributed by atoms with van der Waals surface area (Å²) >= 11 is 5.66. The first-order valence-electron chi connectivity index (χ1n) is 4.69. The maximum atomic E-state index is 11.2. The highest BCUT2D eigenvalue weighted by molar-refractivity contribution is 6.29. The monoisotopic (exact) mass is 243 g/mol. The molecule has 1 unspecified atom stereocenters. The lowest BCUT2D eigenvalue weighted by atomic mass is 9.99. The average molecular weight is 244 g/mol. The van der Waals surface area contributed by atoms with Gasteiger partial charge in [-0.05, 0) is 0 Å². The third-order valence-corrected chi connectivity index (χ3v) is 2.59. The summed E-state index contributed by atoms with van der Waals surface area (Å²) in [5.41, 5.74) is -1.13. The molecule has 6 nitrogen and oxygen atoms in total. The van der Waals surface area contributed by atoms with Crippen molar-refractivity contribution < 1.29 is 14.6 Å². The molecule has 2 N–H and O–H groups in total. The predicted molar refractivity (Wildman–Crippen MR) is 56.5 cm³/mol. The summed E-state index contributed by atoms with van der Waals surface area (Å²) in [5, 5.41) is 12.2. The van der Waals surface area contributed by atoms with Crippen molar-refractivity contribution >= 4 is 23.4 Å². The van der Waals surface area contributed by atoms with E-state index in [-0.39, 0.29) is 11.8 Å². The highest BCUT2D eigenvalue weighted by Crippen LogP contribution is 2.24. The number of hydrogen-bond donors (Lipinski definition) is 2. The van der Waals surface area contributed by atoms with Crippen LogP contribution in [0.5, 0.6) is 0 Å². The van der Waals surface area contributed by atoms with Crippen LogP contribution in [0.4, 0.5) is 5.82 Å². The minimum Gasteiger partial charge on any atom is -0.479 e. The lowest BCUT2D eigenvalue weighted by Gasteiger charge is -2.23. The van der Waals surface area contributed by atoms with Gasteiger partial charge in [0.05, 0.1) is 19.0 Å². The van der Waals surface area contributed by atoms with E-state index >= 15 is 0 Å². The van der Waals surface area contributed by atoms with Crippen molar-refractivity contribution in [3.05, 3.63) is 17.5 Å². The summed E-state index contributed by atoms with van der Waals surface area (Å²) < 4.78 is 5.10. The van der Waals surface area contributed by atoms with Crippen LogP contribution in [-0.2, 0) is 9.53 Å². The smallest absolute Gasteiger partial charge is 0.331 e. The average Bonchev–Trinajstić information content (AvgIpc) is 2.67. The maximum absolute atomic E-state index is 11.2. The zero-order valence-corrected chi connectivity index (χ0v) is 9.07. The lowest BCUT2D eigenvalue weighted by Crippen LogP contribution is -2.47. The first-order chi connectivity index (χ1) is 7.62. The molecule has 0 aliphatic carbocycles. The fourth-order valence-electron chi connectivity index (χ4n) is 1.53. The van der Waals surface area contributed by atoms with Crippen molar-refractivity contribution in [2.75, 3.05) is 18.5 Å². The molecule has 1 saturated heterocycles. The minimum atomic E-state index is -1.13. The first-order valence-corrected chi connectivity index (χ1v) is 5.07. The minimum absolute atomic E-state index is 0.108. The second-order valence-electron chi connectivity index (χ2n) is 3.54. The van der Waals surface area contributed by atoms with E-state index < -0.39 is 11.5 Å². The van der Waals surface area contributed by atoms with Crippen molar-refractivity contribution in [2.24, 2.45) is 0 Å². The molecule has 1 fully saturated rings. The Morgan fingerprint density at radius 2 is 2.44 bits per heavy atom. The third-order valence-electron chi connectivity index (χ3n) is 2.40. The van der Waals surface area contributed by atoms with Gasteiger partial charge in [0.2, 0.25) is 0 Å². The number of nitrogens with zero attached hydrogens (tertiary/aromatic N) is 2. The Bertz CT molecular complexity index is 407. The molecule has 16 heavy (non-hydrogen) atoms. The fraction of sp³-hybridized carbons (Fsp3) is 0.444. The fourth-order valence-corrected chi connectivity index (χ4v) is 1.68. The summed E-state index contributed by atoms with van der Waals surface area (Å²) in [6.07, 6.45) is 3.19. The van der Waals surface area contributed by atoms with E-state index in [0.29, 0.717) is 18.8 Å². The Kier molecular flexibility index (Phi) is 2.93. The molecule has 0 aromatic carbocycles. The van der Waals surface area contributed by atoms with Gasteiger partial charge in [0.15, 0.2) is 5.54 Å². The molecule has 1 aromatic rings. The number of carboxylic acids is 1. The van der Waals surface area contributed by atoms with Crippen LogP contribution in [0.1, 0.15) is 6.42 Å². The van der Waals surface area contributed by atoms with Gasteiger partial charge in [-0.3, -0.25) is 4.98 Å². The van der Waals surface area contributed by atoms with E-state index in [9.17, 15) is 9.90 Å². The van der Waals surface area contributed by atoms with Gasteiger partial charge in [-0.15, -0.1) is 0 Å². The van der Waals surface area contributed by atoms with E-state index in [1.54, 1.807) is 0 Å². The van der Waals surface area contributed by atoms with E-state index in [1.807, 2.05) is 0 Å². The highest BCUT2D eigenvalue weighted by Gasteiger charge is 2.43. The van der Waals surface area contributed by atoms with Gasteiger partial charge in [-0.2, -0.15) is 0 Å². The summed E-state index contributed by atoms with van der Waals surface area (Å²) in [4.78, 5) is 19.0. The number of ether oxygens (including phenoxy) is 1. The van der Waals surface area contributed by atoms with Gasteiger partial charge >= 0.3 is 5.97 Å². The van der Waals surface area contributed by atoms with Crippen LogP contribution in [-0.4, -0.2) is 39.8 Å². The number of rotatable bonds is 3. The van der Waals surface area contributed by atoms with Crippen molar-refractivity contribution in [1.82, 2.24) is 9.97 Å². The Labute approximate surface area is 96.6 Å². The molecule has 1 aromatic heterocycles. The van der Waals surface area contributed by atoms with Crippen LogP contribution in [0.2, 0.25) is 5.15 Å². The van der Waals surface area contributed by atoms with Crippen molar-refractivity contribution in [3.8, 4) is 0 Å². The van der Waals surface area contributed by atoms with Gasteiger partial charge in [0.25, 0.3) is 0 Å². The number of hydrogen-bond acceptors (Lipinski definition) is 5. The number of carboxylic acid groups (broad SMARTS) is 1. The SMILES string of the molecule is O=C(O)C1(Nc2cncc(Cl)n2)CCOC1. The van der Waals surface area contributed by atoms with Crippen LogP contribution in [0.15, 0.2) is 12.4 Å². The normalized spacial score (nSPS) is 24.3. The van der Waals surface area contributed by atoms with Gasteiger partial charge in [-0.1, -0.05) is 11.6 Å². The number of aliphatic carboxylic acids is 1. The second kappa shape index (κ2) is 4.23. The molecule has 0 saturated carbocycles. The van der Waals surface area contributed by atoms with Crippen molar-refractivity contribution in [2.45, 2.75) is 12.0 Å². The highest BCUT2D eigenvalue weighted by atomic mass is 35.5. The topological polar surface area (TPSA) is 84.3 Å². The molecule has 0 amide bonds. The molecule has 1 aliphatic rings. The molecule has 0 spiro atoms. The number of anilines is 1. The molecule has 0 bridgehead atoms. The third kappa shape index (κ3) is 2.07. The zero-order valence-electron chi connectivity index (χ0n) is 8.31. The van der Waals surface area contributed by atoms with Crippen LogP contribution in [0, 0.1) is 0 Å². The first kappa shape index (κ1) is 11.1. The van der Waals surface area contributed by atoms with Crippen LogP contribution in [0.3, 0.4) is 0 Å². The van der Waals surface area contributed by atoms with Crippen LogP contribution < -0.4 is 5.32 Å². The number of aromatic nitrogens is 2. The van der Waals surface area contributed by atoms with Crippen LogP contribution in [0.25, 0.3) is 0 Å². The van der Waals surface area contributed by atoms with Crippen molar-refractivity contribution in [1.29, 1.82) is 0 Å². The van der Waals surface area contributed by atoms with Gasteiger partial charge < -0.3 is 15.2 Å². The molecule has 0 radical (unpaired) electrons. The molecule has 2 heterocycles. The van der Waals surface area contributed by atoms with Gasteiger partial charge in [0.1, 0.15) is 11.0 Å². The zero-order chi connectivity index (χ0) is 11.6. The Balaban J connectivity index is 2.21. The van der Waals surface area contributed by atoms with Gasteiger partial charge in [0, 0.05) is 13.0 Å². The second-order valence-corrected chi connectivity index (χ2v) is 3.93. The van der Waals surface area contributed by atoms with Crippen LogP contribution >= 0.6 is 11.6 Å². The van der Waals surface area contributed by atoms with Gasteiger partial charge in [-0.25, -0.2) is 9.78 Å². The standard InChI is InChI=1S/C9H10ClN3O3/c10-6-3-11-4-7(12-6)13-9(8(14)15)1-2-16-5-9/h3-4H,1-2,5H2,(H,12,13)(H,14,15). The van der Waals surface area contributed by atoms with E-state index in [0.717, 1.165) is 0 Å². The molecule has 2 rings (SSSR count). The molecule has 1 atom stereocenters. The summed E-state index contributed by atoms with van der Waals surface area (Å²) in [6, 6.07) is 0. The Morgan fingerprint density at radius 3 is 3.00 bits per heavy atom. The lowest BCUT2D eigenvalue weighted by molar-refractivity contribution is -0.142. The number of nitrogens with one attached hydrogen (secondary N) is 1. The van der Waals surface area contributed by atoms with E-state index in [2.05, 4.69) is 15.3 Å². The molecular weight excluding hydrogens is 234 g/mol. The quantitative estimate of drug-likeness (QED) is 0.816. The van der Waals surface area contributed by atoms with E-state index in [1.165, 1.54) is 12.4 Å². The summed E-state index contributed by atoms with van der Waals surface area (Å²) in [5.74, 6) is -0.632. The molecule has 7 heteroatoms. The molecule has 1 aliphatic heterocycles. The molecular formula is C9H10ClN3O3. The maximum Gasteiger partial charge on any atom is 0.331 e. The predicted octanol–water partition coefficient (Wildman–Crippen LogP) is 0.786. The summed E-state index contributed by atoms with van der Waals surface area (Å²) in [7, 11) is 0. The largest absolute Gasteiger partial charge is 0.479 e.